The number of ether oxygens (including phenoxy) is 3. The average Bonchev–Trinajstić information content (AvgIpc) is 2.66. The summed E-state index contributed by atoms with van der Waals surface area (Å²) in [5.41, 5.74) is 0.777. The van der Waals surface area contributed by atoms with Gasteiger partial charge in [0.2, 0.25) is 0 Å². The highest BCUT2D eigenvalue weighted by atomic mass is 16.5. The van der Waals surface area contributed by atoms with Crippen molar-refractivity contribution >= 4 is 23.5 Å². The fourth-order valence-corrected chi connectivity index (χ4v) is 2.18. The van der Waals surface area contributed by atoms with Gasteiger partial charge in [0, 0.05) is 0 Å². The number of esters is 2. The van der Waals surface area contributed by atoms with Crippen molar-refractivity contribution in [1.29, 1.82) is 0 Å². The summed E-state index contributed by atoms with van der Waals surface area (Å²) in [5.74, 6) is -1.34. The summed E-state index contributed by atoms with van der Waals surface area (Å²) in [6.45, 7) is 1.59. The summed E-state index contributed by atoms with van der Waals surface area (Å²) in [4.78, 5) is 35.8. The number of anilines is 1. The first-order valence-corrected chi connectivity index (χ1v) is 7.93. The van der Waals surface area contributed by atoms with E-state index in [1.54, 1.807) is 55.5 Å². The zero-order chi connectivity index (χ0) is 18.9. The van der Waals surface area contributed by atoms with E-state index in [4.69, 9.17) is 9.47 Å². The molecule has 0 spiro atoms. The minimum atomic E-state index is -0.561. The van der Waals surface area contributed by atoms with Crippen LogP contribution in [0.2, 0.25) is 0 Å². The molecule has 7 heteroatoms. The van der Waals surface area contributed by atoms with Gasteiger partial charge in [-0.2, -0.15) is 0 Å². The van der Waals surface area contributed by atoms with Crippen LogP contribution in [-0.2, 0) is 14.3 Å². The third kappa shape index (κ3) is 4.83. The summed E-state index contributed by atoms with van der Waals surface area (Å²) in [5, 5.41) is 2.59. The number of rotatable bonds is 7. The molecular formula is C19H19NO6. The van der Waals surface area contributed by atoms with Crippen LogP contribution >= 0.6 is 0 Å². The maximum atomic E-state index is 12.2. The Balaban J connectivity index is 2.05. The van der Waals surface area contributed by atoms with Crippen LogP contribution in [0, 0.1) is 0 Å². The molecule has 0 aromatic heterocycles. The van der Waals surface area contributed by atoms with Gasteiger partial charge in [-0.05, 0) is 31.2 Å². The molecule has 0 aliphatic heterocycles. The van der Waals surface area contributed by atoms with E-state index in [1.807, 2.05) is 0 Å². The quantitative estimate of drug-likeness (QED) is 0.766. The van der Waals surface area contributed by atoms with Gasteiger partial charge in [0.1, 0.15) is 11.3 Å². The SMILES string of the molecule is CCOC(=O)c1ccccc1OCC(=O)Nc1ccccc1C(=O)OC. The van der Waals surface area contributed by atoms with Crippen molar-refractivity contribution in [2.24, 2.45) is 0 Å². The molecule has 0 saturated carbocycles. The lowest BCUT2D eigenvalue weighted by Gasteiger charge is -2.12. The maximum absolute atomic E-state index is 12.2. The molecule has 136 valence electrons. The van der Waals surface area contributed by atoms with E-state index in [9.17, 15) is 14.4 Å². The van der Waals surface area contributed by atoms with Gasteiger partial charge in [0.25, 0.3) is 5.91 Å². The fraction of sp³-hybridized carbons (Fsp3) is 0.211. The number of benzene rings is 2. The van der Waals surface area contributed by atoms with Crippen molar-refractivity contribution < 1.29 is 28.6 Å². The van der Waals surface area contributed by atoms with Crippen LogP contribution in [0.15, 0.2) is 48.5 Å². The van der Waals surface area contributed by atoms with Gasteiger partial charge >= 0.3 is 11.9 Å². The predicted molar refractivity (Wildman–Crippen MR) is 94.3 cm³/mol. The van der Waals surface area contributed by atoms with E-state index in [-0.39, 0.29) is 30.1 Å². The molecule has 0 saturated heterocycles. The zero-order valence-electron chi connectivity index (χ0n) is 14.5. The zero-order valence-corrected chi connectivity index (χ0v) is 14.5. The third-order valence-electron chi connectivity index (χ3n) is 3.35. The highest BCUT2D eigenvalue weighted by Crippen LogP contribution is 2.20. The van der Waals surface area contributed by atoms with Gasteiger partial charge in [-0.1, -0.05) is 24.3 Å². The Bertz CT molecular complexity index is 802. The van der Waals surface area contributed by atoms with Crippen molar-refractivity contribution in [1.82, 2.24) is 0 Å². The molecule has 0 unspecified atom stereocenters. The molecule has 0 aliphatic rings. The van der Waals surface area contributed by atoms with Crippen LogP contribution in [0.4, 0.5) is 5.69 Å². The predicted octanol–water partition coefficient (Wildman–Crippen LogP) is 2.67. The van der Waals surface area contributed by atoms with E-state index in [0.717, 1.165) is 0 Å². The van der Waals surface area contributed by atoms with Crippen LogP contribution in [0.1, 0.15) is 27.6 Å². The Morgan fingerprint density at radius 1 is 0.923 bits per heavy atom. The highest BCUT2D eigenvalue weighted by molar-refractivity contribution is 6.01. The van der Waals surface area contributed by atoms with E-state index >= 15 is 0 Å². The van der Waals surface area contributed by atoms with Crippen LogP contribution in [0.25, 0.3) is 0 Å². The van der Waals surface area contributed by atoms with E-state index in [0.29, 0.717) is 5.69 Å². The third-order valence-corrected chi connectivity index (χ3v) is 3.35. The molecule has 7 nitrogen and oxygen atoms in total. The number of methoxy groups -OCH3 is 1. The molecule has 0 aliphatic carbocycles. The minimum absolute atomic E-state index is 0.232. The Morgan fingerprint density at radius 2 is 1.58 bits per heavy atom. The number of para-hydroxylation sites is 2. The van der Waals surface area contributed by atoms with Crippen molar-refractivity contribution in [2.45, 2.75) is 6.92 Å². The van der Waals surface area contributed by atoms with Gasteiger partial charge in [-0.3, -0.25) is 4.79 Å². The normalized spacial score (nSPS) is 9.92. The molecule has 2 aromatic rings. The fourth-order valence-electron chi connectivity index (χ4n) is 2.18. The van der Waals surface area contributed by atoms with Crippen molar-refractivity contribution in [2.75, 3.05) is 25.6 Å². The molecule has 0 bridgehead atoms. The van der Waals surface area contributed by atoms with E-state index in [2.05, 4.69) is 10.1 Å². The Labute approximate surface area is 150 Å². The van der Waals surface area contributed by atoms with Gasteiger partial charge in [-0.15, -0.1) is 0 Å². The highest BCUT2D eigenvalue weighted by Gasteiger charge is 2.16. The van der Waals surface area contributed by atoms with E-state index < -0.39 is 17.8 Å². The Hall–Kier alpha value is -3.35. The lowest BCUT2D eigenvalue weighted by Crippen LogP contribution is -2.22. The number of hydrogen-bond donors (Lipinski definition) is 1. The summed E-state index contributed by atoms with van der Waals surface area (Å²) in [6.07, 6.45) is 0. The molecule has 26 heavy (non-hydrogen) atoms. The number of carbonyl (C=O) groups excluding carboxylic acids is 3. The van der Waals surface area contributed by atoms with Crippen molar-refractivity contribution in [3.8, 4) is 5.75 Å². The molecule has 2 rings (SSSR count). The second-order valence-corrected chi connectivity index (χ2v) is 5.09. The molecule has 1 amide bonds. The van der Waals surface area contributed by atoms with Crippen LogP contribution in [0.3, 0.4) is 0 Å². The van der Waals surface area contributed by atoms with Gasteiger partial charge in [0.05, 0.1) is 25.0 Å². The van der Waals surface area contributed by atoms with Crippen LogP contribution in [-0.4, -0.2) is 38.2 Å². The molecule has 0 fully saturated rings. The largest absolute Gasteiger partial charge is 0.483 e. The first-order chi connectivity index (χ1) is 12.6. The smallest absolute Gasteiger partial charge is 0.341 e. The lowest BCUT2D eigenvalue weighted by molar-refractivity contribution is -0.118. The number of amides is 1. The molecule has 0 heterocycles. The summed E-state index contributed by atoms with van der Waals surface area (Å²) in [7, 11) is 1.26. The first-order valence-electron chi connectivity index (χ1n) is 7.93. The summed E-state index contributed by atoms with van der Waals surface area (Å²) in [6, 6.07) is 12.9. The van der Waals surface area contributed by atoms with Gasteiger partial charge < -0.3 is 19.5 Å². The lowest BCUT2D eigenvalue weighted by atomic mass is 10.2. The van der Waals surface area contributed by atoms with Crippen LogP contribution in [0.5, 0.6) is 5.75 Å². The second kappa shape index (κ2) is 9.22. The van der Waals surface area contributed by atoms with Crippen molar-refractivity contribution in [3.63, 3.8) is 0 Å². The molecule has 0 atom stereocenters. The number of hydrogen-bond acceptors (Lipinski definition) is 6. The standard InChI is InChI=1S/C19H19NO6/c1-3-25-19(23)14-9-5-7-11-16(14)26-12-17(21)20-15-10-6-4-8-13(15)18(22)24-2/h4-11H,3,12H2,1-2H3,(H,20,21). The van der Waals surface area contributed by atoms with Crippen molar-refractivity contribution in [3.05, 3.63) is 59.7 Å². The summed E-state index contributed by atoms with van der Waals surface area (Å²) < 4.78 is 15.1. The minimum Gasteiger partial charge on any atom is -0.483 e. The topological polar surface area (TPSA) is 90.9 Å². The molecule has 2 aromatic carbocycles. The second-order valence-electron chi connectivity index (χ2n) is 5.09. The molecule has 1 N–H and O–H groups in total. The maximum Gasteiger partial charge on any atom is 0.341 e. The Kier molecular flexibility index (Phi) is 6.73. The van der Waals surface area contributed by atoms with E-state index in [1.165, 1.54) is 7.11 Å². The first kappa shape index (κ1) is 19.0. The van der Waals surface area contributed by atoms with Gasteiger partial charge in [-0.25, -0.2) is 9.59 Å². The van der Waals surface area contributed by atoms with Crippen LogP contribution < -0.4 is 10.1 Å². The molecule has 0 radical (unpaired) electrons. The summed E-state index contributed by atoms with van der Waals surface area (Å²) >= 11 is 0. The number of carbonyl (C=O) groups is 3. The monoisotopic (exact) mass is 357 g/mol. The Morgan fingerprint density at radius 3 is 2.27 bits per heavy atom. The molecular weight excluding hydrogens is 338 g/mol. The van der Waals surface area contributed by atoms with Gasteiger partial charge in [0.15, 0.2) is 6.61 Å². The number of nitrogens with one attached hydrogen (secondary N) is 1. The average molecular weight is 357 g/mol.